The van der Waals surface area contributed by atoms with E-state index in [4.69, 9.17) is 0 Å². The van der Waals surface area contributed by atoms with Crippen LogP contribution in [0.4, 0.5) is 17.6 Å². The molecule has 0 unspecified atom stereocenters. The Bertz CT molecular complexity index is 1110. The zero-order chi connectivity index (χ0) is 22.7. The Hall–Kier alpha value is -3.07. The highest BCUT2D eigenvalue weighted by molar-refractivity contribution is 5.95. The molecule has 168 valence electrons. The van der Waals surface area contributed by atoms with E-state index in [2.05, 4.69) is 15.5 Å². The topological polar surface area (TPSA) is 58.1 Å². The Balaban J connectivity index is 1.37. The van der Waals surface area contributed by atoms with Gasteiger partial charge in [0.15, 0.2) is 0 Å². The normalized spacial score (nSPS) is 14.6. The third kappa shape index (κ3) is 5.21. The average Bonchev–Trinajstić information content (AvgIpc) is 2.73. The van der Waals surface area contributed by atoms with Crippen molar-refractivity contribution < 1.29 is 22.4 Å². The number of nitrogens with one attached hydrogen (secondary N) is 1. The first kappa shape index (κ1) is 22.1. The van der Waals surface area contributed by atoms with E-state index in [9.17, 15) is 22.4 Å². The van der Waals surface area contributed by atoms with Gasteiger partial charge in [0.1, 0.15) is 5.82 Å². The predicted octanol–water partition coefficient (Wildman–Crippen LogP) is 4.12. The largest absolute Gasteiger partial charge is 0.389 e. The molecule has 1 fully saturated rings. The van der Waals surface area contributed by atoms with Gasteiger partial charge in [0.05, 0.1) is 17.5 Å². The van der Waals surface area contributed by atoms with E-state index in [0.717, 1.165) is 22.0 Å². The van der Waals surface area contributed by atoms with Crippen molar-refractivity contribution in [3.8, 4) is 0 Å². The van der Waals surface area contributed by atoms with Crippen molar-refractivity contribution in [2.75, 3.05) is 19.6 Å². The van der Waals surface area contributed by atoms with Crippen LogP contribution in [-0.2, 0) is 6.42 Å². The lowest BCUT2D eigenvalue weighted by Gasteiger charge is -2.40. The molecule has 1 N–H and O–H groups in total. The molecule has 1 saturated heterocycles. The zero-order valence-corrected chi connectivity index (χ0v) is 17.2. The van der Waals surface area contributed by atoms with Gasteiger partial charge in [-0.15, -0.1) is 0 Å². The van der Waals surface area contributed by atoms with Gasteiger partial charge in [-0.3, -0.25) is 4.79 Å². The van der Waals surface area contributed by atoms with Crippen molar-refractivity contribution in [3.05, 3.63) is 71.3 Å². The molecule has 2 aromatic carbocycles. The Morgan fingerprint density at radius 2 is 1.94 bits per heavy atom. The Morgan fingerprint density at radius 1 is 1.16 bits per heavy atom. The predicted molar refractivity (Wildman–Crippen MR) is 112 cm³/mol. The Labute approximate surface area is 182 Å². The lowest BCUT2D eigenvalue weighted by molar-refractivity contribution is -0.135. The SMILES string of the molecule is O=C(c1cc(Cc2nncc3ccccc23)ccc1F)N1CC(NCCCC(F)(F)F)C1. The van der Waals surface area contributed by atoms with Crippen molar-refractivity contribution in [1.82, 2.24) is 20.4 Å². The summed E-state index contributed by atoms with van der Waals surface area (Å²) in [5.41, 5.74) is 1.45. The van der Waals surface area contributed by atoms with Crippen LogP contribution in [0.15, 0.2) is 48.7 Å². The van der Waals surface area contributed by atoms with Crippen molar-refractivity contribution in [2.24, 2.45) is 0 Å². The van der Waals surface area contributed by atoms with Gasteiger partial charge < -0.3 is 10.2 Å². The highest BCUT2D eigenvalue weighted by Crippen LogP contribution is 2.23. The van der Waals surface area contributed by atoms with Crippen molar-refractivity contribution in [3.63, 3.8) is 0 Å². The molecule has 1 amide bonds. The van der Waals surface area contributed by atoms with Crippen molar-refractivity contribution in [1.29, 1.82) is 0 Å². The molecule has 5 nitrogen and oxygen atoms in total. The minimum atomic E-state index is -4.16. The minimum Gasteiger partial charge on any atom is -0.335 e. The van der Waals surface area contributed by atoms with Crippen LogP contribution in [0.3, 0.4) is 0 Å². The van der Waals surface area contributed by atoms with Crippen molar-refractivity contribution >= 4 is 16.7 Å². The van der Waals surface area contributed by atoms with Crippen LogP contribution in [-0.4, -0.2) is 52.9 Å². The number of hydrogen-bond acceptors (Lipinski definition) is 4. The highest BCUT2D eigenvalue weighted by atomic mass is 19.4. The lowest BCUT2D eigenvalue weighted by Crippen LogP contribution is -2.60. The maximum absolute atomic E-state index is 14.4. The number of likely N-dealkylation sites (tertiary alicyclic amines) is 1. The van der Waals surface area contributed by atoms with E-state index >= 15 is 0 Å². The molecular formula is C23H22F4N4O. The number of benzene rings is 2. The summed E-state index contributed by atoms with van der Waals surface area (Å²) in [7, 11) is 0. The fraction of sp³-hybridized carbons (Fsp3) is 0.348. The molecule has 3 aromatic rings. The summed E-state index contributed by atoms with van der Waals surface area (Å²) >= 11 is 0. The molecule has 0 radical (unpaired) electrons. The number of aromatic nitrogens is 2. The molecular weight excluding hydrogens is 424 g/mol. The molecule has 1 aromatic heterocycles. The van der Waals surface area contributed by atoms with Crippen LogP contribution in [0.2, 0.25) is 0 Å². The first-order valence-corrected chi connectivity index (χ1v) is 10.4. The number of amides is 1. The molecule has 4 rings (SSSR count). The van der Waals surface area contributed by atoms with Gasteiger partial charge in [0.2, 0.25) is 0 Å². The van der Waals surface area contributed by atoms with E-state index in [-0.39, 0.29) is 24.6 Å². The van der Waals surface area contributed by atoms with Gasteiger partial charge in [-0.1, -0.05) is 30.3 Å². The Kier molecular flexibility index (Phi) is 6.36. The minimum absolute atomic E-state index is 0.0122. The van der Waals surface area contributed by atoms with Crippen LogP contribution < -0.4 is 5.32 Å². The number of halogens is 4. The third-order valence-corrected chi connectivity index (χ3v) is 5.52. The summed E-state index contributed by atoms with van der Waals surface area (Å²) < 4.78 is 51.0. The van der Waals surface area contributed by atoms with Crippen LogP contribution in [0.5, 0.6) is 0 Å². The van der Waals surface area contributed by atoms with E-state index in [0.29, 0.717) is 19.5 Å². The fourth-order valence-electron chi connectivity index (χ4n) is 3.80. The smallest absolute Gasteiger partial charge is 0.335 e. The van der Waals surface area contributed by atoms with Crippen LogP contribution >= 0.6 is 0 Å². The molecule has 9 heteroatoms. The molecule has 1 aliphatic heterocycles. The zero-order valence-electron chi connectivity index (χ0n) is 17.2. The number of fused-ring (bicyclic) bond motifs is 1. The molecule has 0 saturated carbocycles. The summed E-state index contributed by atoms with van der Waals surface area (Å²) in [6, 6.07) is 12.0. The molecule has 0 bridgehead atoms. The lowest BCUT2D eigenvalue weighted by atomic mass is 10.0. The van der Waals surface area contributed by atoms with E-state index < -0.39 is 24.3 Å². The summed E-state index contributed by atoms with van der Waals surface area (Å²) in [6.07, 6.45) is -2.94. The second kappa shape index (κ2) is 9.20. The maximum Gasteiger partial charge on any atom is 0.389 e. The Morgan fingerprint density at radius 3 is 2.72 bits per heavy atom. The summed E-state index contributed by atoms with van der Waals surface area (Å²) in [6.45, 7) is 0.898. The van der Waals surface area contributed by atoms with E-state index in [1.165, 1.54) is 17.0 Å². The van der Waals surface area contributed by atoms with Gasteiger partial charge in [-0.2, -0.15) is 23.4 Å². The van der Waals surface area contributed by atoms with Gasteiger partial charge in [-0.05, 0) is 30.7 Å². The first-order chi connectivity index (χ1) is 15.3. The van der Waals surface area contributed by atoms with Crippen LogP contribution in [0.25, 0.3) is 10.8 Å². The van der Waals surface area contributed by atoms with Gasteiger partial charge in [0, 0.05) is 42.7 Å². The molecule has 2 heterocycles. The molecule has 0 spiro atoms. The molecule has 1 aliphatic rings. The molecule has 0 aliphatic carbocycles. The number of nitrogens with zero attached hydrogens (tertiary/aromatic N) is 3. The van der Waals surface area contributed by atoms with E-state index in [1.54, 1.807) is 12.3 Å². The summed E-state index contributed by atoms with van der Waals surface area (Å²) in [5.74, 6) is -1.04. The van der Waals surface area contributed by atoms with Gasteiger partial charge in [-0.25, -0.2) is 4.39 Å². The van der Waals surface area contributed by atoms with Crippen LogP contribution in [0.1, 0.15) is 34.5 Å². The molecule has 32 heavy (non-hydrogen) atoms. The number of alkyl halides is 3. The van der Waals surface area contributed by atoms with E-state index in [1.807, 2.05) is 24.3 Å². The maximum atomic E-state index is 14.4. The van der Waals surface area contributed by atoms with Gasteiger partial charge in [0.25, 0.3) is 5.91 Å². The number of carbonyl (C=O) groups excluding carboxylic acids is 1. The second-order valence-corrected chi connectivity index (χ2v) is 7.95. The average molecular weight is 446 g/mol. The highest BCUT2D eigenvalue weighted by Gasteiger charge is 2.32. The summed E-state index contributed by atoms with van der Waals surface area (Å²) in [5, 5.41) is 13.1. The van der Waals surface area contributed by atoms with Crippen molar-refractivity contribution in [2.45, 2.75) is 31.5 Å². The number of hydrogen-bond donors (Lipinski definition) is 1. The third-order valence-electron chi connectivity index (χ3n) is 5.52. The fourth-order valence-corrected chi connectivity index (χ4v) is 3.80. The van der Waals surface area contributed by atoms with Gasteiger partial charge >= 0.3 is 6.18 Å². The second-order valence-electron chi connectivity index (χ2n) is 7.95. The standard InChI is InChI=1S/C23H22F4N4O/c24-20-7-6-15(11-21-18-5-2-1-4-16(18)12-29-30-21)10-19(20)22(32)31-13-17(14-31)28-9-3-8-23(25,26)27/h1-2,4-7,10,12,17,28H,3,8-9,11,13-14H2. The number of carbonyl (C=O) groups is 1. The first-order valence-electron chi connectivity index (χ1n) is 10.4. The molecule has 0 atom stereocenters. The summed E-state index contributed by atoms with van der Waals surface area (Å²) in [4.78, 5) is 14.2. The monoisotopic (exact) mass is 446 g/mol. The quantitative estimate of drug-likeness (QED) is 0.438. The van der Waals surface area contributed by atoms with Crippen LogP contribution in [0, 0.1) is 5.82 Å². The number of rotatable bonds is 7.